The molecule has 0 radical (unpaired) electrons. The van der Waals surface area contributed by atoms with Crippen molar-refractivity contribution in [3.05, 3.63) is 0 Å². The van der Waals surface area contributed by atoms with Crippen molar-refractivity contribution in [2.45, 2.75) is 52.1 Å². The fourth-order valence-electron chi connectivity index (χ4n) is 1.28. The minimum atomic E-state index is 0.627. The van der Waals surface area contributed by atoms with E-state index in [2.05, 4.69) is 13.8 Å². The lowest BCUT2D eigenvalue weighted by atomic mass is 9.96. The molecule has 0 bridgehead atoms. The molecular weight excluding hydrogens is 136 g/mol. The fraction of sp³-hybridized carbons (Fsp3) is 1.00. The van der Waals surface area contributed by atoms with E-state index in [1.54, 1.807) is 0 Å². The van der Waals surface area contributed by atoms with Gasteiger partial charge in [-0.05, 0) is 38.0 Å². The van der Waals surface area contributed by atoms with Crippen molar-refractivity contribution in [1.29, 1.82) is 0 Å². The smallest absolute Gasteiger partial charge is 0.0575 e. The van der Waals surface area contributed by atoms with Crippen molar-refractivity contribution in [2.75, 3.05) is 6.61 Å². The van der Waals surface area contributed by atoms with Crippen LogP contribution in [0.4, 0.5) is 0 Å². The van der Waals surface area contributed by atoms with E-state index < -0.39 is 0 Å². The molecule has 1 fully saturated rings. The highest BCUT2D eigenvalue weighted by Crippen LogP contribution is 2.22. The molecule has 1 heteroatoms. The second-order valence-electron chi connectivity index (χ2n) is 3.96. The Hall–Kier alpha value is -0.0400. The summed E-state index contributed by atoms with van der Waals surface area (Å²) in [6.07, 6.45) is 7.18. The predicted molar refractivity (Wildman–Crippen MR) is 47.7 cm³/mol. The van der Waals surface area contributed by atoms with Crippen molar-refractivity contribution < 1.29 is 4.74 Å². The van der Waals surface area contributed by atoms with Gasteiger partial charge < -0.3 is 4.74 Å². The molecule has 1 aliphatic rings. The lowest BCUT2D eigenvalue weighted by Gasteiger charge is -2.25. The van der Waals surface area contributed by atoms with Crippen molar-refractivity contribution in [2.24, 2.45) is 5.92 Å². The standard InChI is InChI=1S/C10H20O/c1-9(2)5-4-8-11-10-6-3-7-10/h9-10H,3-8H2,1-2H3. The van der Waals surface area contributed by atoms with Gasteiger partial charge in [-0.25, -0.2) is 0 Å². The normalized spacial score (nSPS) is 18.8. The molecule has 0 amide bonds. The quantitative estimate of drug-likeness (QED) is 0.556. The Morgan fingerprint density at radius 1 is 1.36 bits per heavy atom. The SMILES string of the molecule is CC(C)CCCOC1CCC1. The summed E-state index contributed by atoms with van der Waals surface area (Å²) in [5.74, 6) is 0.833. The van der Waals surface area contributed by atoms with Crippen LogP contribution >= 0.6 is 0 Å². The van der Waals surface area contributed by atoms with Crippen LogP contribution in [0.5, 0.6) is 0 Å². The maximum absolute atomic E-state index is 5.63. The lowest BCUT2D eigenvalue weighted by molar-refractivity contribution is -0.000120. The second-order valence-corrected chi connectivity index (χ2v) is 3.96. The third-order valence-corrected chi connectivity index (χ3v) is 2.33. The van der Waals surface area contributed by atoms with Gasteiger partial charge in [0.15, 0.2) is 0 Å². The first-order valence-corrected chi connectivity index (χ1v) is 4.90. The summed E-state index contributed by atoms with van der Waals surface area (Å²) in [7, 11) is 0. The predicted octanol–water partition coefficient (Wildman–Crippen LogP) is 2.99. The summed E-state index contributed by atoms with van der Waals surface area (Å²) in [5.41, 5.74) is 0. The summed E-state index contributed by atoms with van der Waals surface area (Å²) in [5, 5.41) is 0. The number of ether oxygens (including phenoxy) is 1. The maximum atomic E-state index is 5.63. The zero-order valence-electron chi connectivity index (χ0n) is 7.81. The van der Waals surface area contributed by atoms with E-state index in [9.17, 15) is 0 Å². The van der Waals surface area contributed by atoms with Crippen LogP contribution in [0.2, 0.25) is 0 Å². The van der Waals surface area contributed by atoms with E-state index in [4.69, 9.17) is 4.74 Å². The van der Waals surface area contributed by atoms with Crippen LogP contribution in [0.1, 0.15) is 46.0 Å². The summed E-state index contributed by atoms with van der Waals surface area (Å²) in [6.45, 7) is 5.52. The first kappa shape index (κ1) is 9.05. The average molecular weight is 156 g/mol. The third-order valence-electron chi connectivity index (χ3n) is 2.33. The van der Waals surface area contributed by atoms with Crippen molar-refractivity contribution in [1.82, 2.24) is 0 Å². The van der Waals surface area contributed by atoms with Gasteiger partial charge in [-0.1, -0.05) is 13.8 Å². The van der Waals surface area contributed by atoms with E-state index in [0.29, 0.717) is 6.10 Å². The maximum Gasteiger partial charge on any atom is 0.0575 e. The van der Waals surface area contributed by atoms with E-state index in [-0.39, 0.29) is 0 Å². The molecule has 1 aliphatic carbocycles. The monoisotopic (exact) mass is 156 g/mol. The van der Waals surface area contributed by atoms with Crippen molar-refractivity contribution in [3.8, 4) is 0 Å². The van der Waals surface area contributed by atoms with Crippen LogP contribution < -0.4 is 0 Å². The molecule has 66 valence electrons. The highest BCUT2D eigenvalue weighted by molar-refractivity contribution is 4.68. The van der Waals surface area contributed by atoms with Crippen molar-refractivity contribution in [3.63, 3.8) is 0 Å². The number of hydrogen-bond acceptors (Lipinski definition) is 1. The van der Waals surface area contributed by atoms with E-state index >= 15 is 0 Å². The molecule has 0 heterocycles. The van der Waals surface area contributed by atoms with Gasteiger partial charge in [-0.15, -0.1) is 0 Å². The van der Waals surface area contributed by atoms with Gasteiger partial charge in [0.25, 0.3) is 0 Å². The second kappa shape index (κ2) is 4.76. The Morgan fingerprint density at radius 3 is 2.55 bits per heavy atom. The Morgan fingerprint density at radius 2 is 2.09 bits per heavy atom. The van der Waals surface area contributed by atoms with Gasteiger partial charge in [0.2, 0.25) is 0 Å². The molecule has 0 spiro atoms. The van der Waals surface area contributed by atoms with Gasteiger partial charge in [0, 0.05) is 6.61 Å². The minimum Gasteiger partial charge on any atom is -0.378 e. The molecule has 1 saturated carbocycles. The molecule has 0 unspecified atom stereocenters. The fourth-order valence-corrected chi connectivity index (χ4v) is 1.28. The van der Waals surface area contributed by atoms with Crippen LogP contribution in [-0.2, 0) is 4.74 Å². The number of rotatable bonds is 5. The van der Waals surface area contributed by atoms with Crippen LogP contribution in [0.15, 0.2) is 0 Å². The zero-order chi connectivity index (χ0) is 8.10. The Labute approximate surface area is 70.1 Å². The number of hydrogen-bond donors (Lipinski definition) is 0. The molecule has 0 N–H and O–H groups in total. The topological polar surface area (TPSA) is 9.23 Å². The molecular formula is C10H20O. The molecule has 0 aromatic heterocycles. The lowest BCUT2D eigenvalue weighted by Crippen LogP contribution is -2.21. The highest BCUT2D eigenvalue weighted by atomic mass is 16.5. The summed E-state index contributed by atoms with van der Waals surface area (Å²) in [6, 6.07) is 0. The summed E-state index contributed by atoms with van der Waals surface area (Å²) < 4.78 is 5.63. The van der Waals surface area contributed by atoms with Gasteiger partial charge in [-0.2, -0.15) is 0 Å². The summed E-state index contributed by atoms with van der Waals surface area (Å²) in [4.78, 5) is 0. The van der Waals surface area contributed by atoms with Gasteiger partial charge in [0.1, 0.15) is 0 Å². The van der Waals surface area contributed by atoms with Crippen LogP contribution in [0.3, 0.4) is 0 Å². The average Bonchev–Trinajstić information content (AvgIpc) is 1.82. The van der Waals surface area contributed by atoms with Gasteiger partial charge in [-0.3, -0.25) is 0 Å². The van der Waals surface area contributed by atoms with E-state index in [0.717, 1.165) is 12.5 Å². The minimum absolute atomic E-state index is 0.627. The highest BCUT2D eigenvalue weighted by Gasteiger charge is 2.16. The van der Waals surface area contributed by atoms with E-state index in [1.165, 1.54) is 32.1 Å². The molecule has 0 saturated heterocycles. The van der Waals surface area contributed by atoms with Crippen LogP contribution in [0.25, 0.3) is 0 Å². The molecule has 1 nitrogen and oxygen atoms in total. The van der Waals surface area contributed by atoms with Crippen LogP contribution in [0, 0.1) is 5.92 Å². The van der Waals surface area contributed by atoms with E-state index in [1.807, 2.05) is 0 Å². The Balaban J connectivity index is 1.80. The molecule has 0 atom stereocenters. The largest absolute Gasteiger partial charge is 0.378 e. The summed E-state index contributed by atoms with van der Waals surface area (Å²) >= 11 is 0. The third kappa shape index (κ3) is 3.76. The molecule has 1 rings (SSSR count). The van der Waals surface area contributed by atoms with Crippen molar-refractivity contribution >= 4 is 0 Å². The Bertz CT molecular complexity index is 95.0. The van der Waals surface area contributed by atoms with Gasteiger partial charge >= 0.3 is 0 Å². The van der Waals surface area contributed by atoms with Crippen LogP contribution in [-0.4, -0.2) is 12.7 Å². The molecule has 0 aromatic carbocycles. The zero-order valence-corrected chi connectivity index (χ0v) is 7.81. The first-order chi connectivity index (χ1) is 5.29. The molecule has 0 aromatic rings. The molecule has 0 aliphatic heterocycles. The molecule has 11 heavy (non-hydrogen) atoms. The van der Waals surface area contributed by atoms with Gasteiger partial charge in [0.05, 0.1) is 6.10 Å². The first-order valence-electron chi connectivity index (χ1n) is 4.90. The Kier molecular flexibility index (Phi) is 3.92.